The van der Waals surface area contributed by atoms with E-state index in [1.165, 1.54) is 0 Å². The number of carbonyl (C=O) groups excluding carboxylic acids is 4. The number of aliphatic hydroxyl groups excluding tert-OH is 5. The fourth-order valence-corrected chi connectivity index (χ4v) is 7.71. The molecule has 2 saturated heterocycles. The van der Waals surface area contributed by atoms with Gasteiger partial charge in [0.05, 0.1) is 24.9 Å². The lowest BCUT2D eigenvalue weighted by atomic mass is 9.80. The number of nitrogens with two attached hydrogens (primary N) is 1. The number of carbonyl (C=O) groups is 4. The van der Waals surface area contributed by atoms with Crippen LogP contribution in [0.4, 0.5) is 19.2 Å². The van der Waals surface area contributed by atoms with E-state index < -0.39 is 164 Å². The smallest absolute Gasteiger partial charge is 0.408 e. The van der Waals surface area contributed by atoms with Crippen LogP contribution in [-0.2, 0) is 47.4 Å². The standard InChI is InChI=1S/C44H77N5O19/c1-20-16-23(48-39(57)67-43(8,9)10)31(62-34-22(15-14-21(17-45)59-34)47-38(56)66-42(5,6)7)33(27(20)51)64-36-30(54)32(25(19-50)61-36)63-35-26(49-40(58)68-44(11,12)13)29(53)28(52)24(60-35)18-46-37(55)65-41(2,3)4/h14-15,20-36,50-54H,16-19,45H2,1-13H3,(H,46,55)(H,47,56)(H,48,57)(H,49,58). The molecule has 0 spiro atoms. The highest BCUT2D eigenvalue weighted by atomic mass is 16.8. The normalized spacial score (nSPS) is 35.7. The molecule has 0 bridgehead atoms. The SMILES string of the molecule is CC1CC(NC(=O)OC(C)(C)C)C(OC2OC(CN)C=CC2NC(=O)OC(C)(C)C)C(OC2OC(CO)C(OC3OC(CNC(=O)OC(C)(C)C)C(O)C(O)C3NC(=O)OC(C)(C)C)C2O)C1O. The van der Waals surface area contributed by atoms with Gasteiger partial charge in [-0.15, -0.1) is 0 Å². The van der Waals surface area contributed by atoms with Crippen LogP contribution in [-0.4, -0.2) is 190 Å². The van der Waals surface area contributed by atoms with Gasteiger partial charge in [-0.05, 0) is 95.4 Å². The van der Waals surface area contributed by atoms with Gasteiger partial charge in [0.2, 0.25) is 0 Å². The number of nitrogens with one attached hydrogen (secondary N) is 4. The maximum atomic E-state index is 13.3. The van der Waals surface area contributed by atoms with Gasteiger partial charge in [0.25, 0.3) is 0 Å². The van der Waals surface area contributed by atoms with E-state index in [2.05, 4.69) is 21.3 Å². The van der Waals surface area contributed by atoms with Crippen molar-refractivity contribution in [1.29, 1.82) is 0 Å². The summed E-state index contributed by atoms with van der Waals surface area (Å²) in [5.74, 6) is -0.604. The molecule has 24 nitrogen and oxygen atoms in total. The first kappa shape index (κ1) is 56.9. The van der Waals surface area contributed by atoms with Crippen molar-refractivity contribution in [2.45, 2.75) is 217 Å². The summed E-state index contributed by atoms with van der Waals surface area (Å²) in [5, 5.41) is 67.3. The van der Waals surface area contributed by atoms with Crippen LogP contribution >= 0.6 is 0 Å². The molecule has 17 atom stereocenters. The van der Waals surface area contributed by atoms with Crippen molar-refractivity contribution in [3.63, 3.8) is 0 Å². The van der Waals surface area contributed by atoms with E-state index in [-0.39, 0.29) is 13.0 Å². The van der Waals surface area contributed by atoms with Crippen LogP contribution in [0.3, 0.4) is 0 Å². The molecule has 68 heavy (non-hydrogen) atoms. The van der Waals surface area contributed by atoms with Crippen molar-refractivity contribution >= 4 is 24.4 Å². The maximum Gasteiger partial charge on any atom is 0.408 e. The molecule has 4 rings (SSSR count). The maximum absolute atomic E-state index is 13.3. The summed E-state index contributed by atoms with van der Waals surface area (Å²) in [6, 6.07) is -3.55. The van der Waals surface area contributed by atoms with Crippen LogP contribution < -0.4 is 27.0 Å². The summed E-state index contributed by atoms with van der Waals surface area (Å²) >= 11 is 0. The number of rotatable bonds is 13. The molecule has 0 aromatic rings. The van der Waals surface area contributed by atoms with Gasteiger partial charge in [-0.1, -0.05) is 19.1 Å². The predicted molar refractivity (Wildman–Crippen MR) is 237 cm³/mol. The Morgan fingerprint density at radius 1 is 0.588 bits per heavy atom. The number of ether oxygens (including phenoxy) is 10. The molecule has 0 aromatic carbocycles. The topological polar surface area (TPSA) is 336 Å². The number of alkyl carbamates (subject to hydrolysis) is 4. The summed E-state index contributed by atoms with van der Waals surface area (Å²) < 4.78 is 59.1. The summed E-state index contributed by atoms with van der Waals surface area (Å²) in [4.78, 5) is 51.9. The van der Waals surface area contributed by atoms with Gasteiger partial charge < -0.3 is 99.9 Å². The summed E-state index contributed by atoms with van der Waals surface area (Å²) in [6.07, 6.45) is -19.5. The van der Waals surface area contributed by atoms with Gasteiger partial charge in [0.1, 0.15) is 83.3 Å². The van der Waals surface area contributed by atoms with Crippen LogP contribution in [0.2, 0.25) is 0 Å². The van der Waals surface area contributed by atoms with E-state index in [0.29, 0.717) is 0 Å². The van der Waals surface area contributed by atoms with E-state index in [1.807, 2.05) is 0 Å². The first-order valence-corrected chi connectivity index (χ1v) is 22.9. The highest BCUT2D eigenvalue weighted by molar-refractivity contribution is 5.69. The van der Waals surface area contributed by atoms with Crippen molar-refractivity contribution < 1.29 is 92.1 Å². The Hall–Kier alpha value is -3.66. The van der Waals surface area contributed by atoms with E-state index in [9.17, 15) is 44.7 Å². The van der Waals surface area contributed by atoms with Crippen molar-refractivity contribution in [2.24, 2.45) is 11.7 Å². The zero-order valence-electron chi connectivity index (χ0n) is 41.3. The fourth-order valence-electron chi connectivity index (χ4n) is 7.71. The summed E-state index contributed by atoms with van der Waals surface area (Å²) in [7, 11) is 0. The Morgan fingerprint density at radius 3 is 1.63 bits per heavy atom. The van der Waals surface area contributed by atoms with Gasteiger partial charge in [0, 0.05) is 13.1 Å². The molecule has 4 amide bonds. The minimum absolute atomic E-state index is 0.0151. The number of hydrogen-bond acceptors (Lipinski definition) is 20. The Balaban J connectivity index is 1.67. The van der Waals surface area contributed by atoms with Gasteiger partial charge in [-0.2, -0.15) is 0 Å². The third-order valence-electron chi connectivity index (χ3n) is 10.6. The molecular formula is C44H77N5O19. The third kappa shape index (κ3) is 16.7. The van der Waals surface area contributed by atoms with E-state index in [4.69, 9.17) is 53.1 Å². The first-order valence-electron chi connectivity index (χ1n) is 22.9. The van der Waals surface area contributed by atoms with Gasteiger partial charge in [0.15, 0.2) is 18.9 Å². The van der Waals surface area contributed by atoms with Crippen molar-refractivity contribution in [3.05, 3.63) is 12.2 Å². The molecule has 1 saturated carbocycles. The second-order valence-electron chi connectivity index (χ2n) is 21.4. The Labute approximate surface area is 397 Å². The highest BCUT2D eigenvalue weighted by Gasteiger charge is 2.55. The molecule has 0 radical (unpaired) electrons. The third-order valence-corrected chi connectivity index (χ3v) is 10.6. The Morgan fingerprint density at radius 2 is 1.09 bits per heavy atom. The first-order chi connectivity index (χ1) is 31.3. The lowest BCUT2D eigenvalue weighted by molar-refractivity contribution is -0.288. The molecular weight excluding hydrogens is 902 g/mol. The predicted octanol–water partition coefficient (Wildman–Crippen LogP) is 0.512. The number of hydrogen-bond donors (Lipinski definition) is 10. The monoisotopic (exact) mass is 980 g/mol. The Bertz CT molecular complexity index is 1710. The van der Waals surface area contributed by atoms with Gasteiger partial charge >= 0.3 is 24.4 Å². The number of aliphatic hydroxyl groups is 5. The molecule has 0 aromatic heterocycles. The molecule has 11 N–H and O–H groups in total. The molecule has 3 aliphatic heterocycles. The second kappa shape index (κ2) is 23.1. The van der Waals surface area contributed by atoms with E-state index in [0.717, 1.165) is 0 Å². The summed E-state index contributed by atoms with van der Waals surface area (Å²) in [6.45, 7) is 20.3. The van der Waals surface area contributed by atoms with Crippen LogP contribution in [0.1, 0.15) is 96.4 Å². The largest absolute Gasteiger partial charge is 0.444 e. The summed E-state index contributed by atoms with van der Waals surface area (Å²) in [5.41, 5.74) is 2.33. The Kier molecular flexibility index (Phi) is 19.3. The van der Waals surface area contributed by atoms with Crippen LogP contribution in [0.15, 0.2) is 12.2 Å². The van der Waals surface area contributed by atoms with Gasteiger partial charge in [-0.25, -0.2) is 19.2 Å². The van der Waals surface area contributed by atoms with E-state index >= 15 is 0 Å². The molecule has 17 unspecified atom stereocenters. The average Bonchev–Trinajstić information content (AvgIpc) is 3.47. The molecule has 3 fully saturated rings. The zero-order chi connectivity index (χ0) is 51.3. The minimum Gasteiger partial charge on any atom is -0.444 e. The van der Waals surface area contributed by atoms with Crippen molar-refractivity contribution in [1.82, 2.24) is 21.3 Å². The second-order valence-corrected chi connectivity index (χ2v) is 21.4. The average molecular weight is 980 g/mol. The minimum atomic E-state index is -1.82. The highest BCUT2D eigenvalue weighted by Crippen LogP contribution is 2.37. The zero-order valence-corrected chi connectivity index (χ0v) is 41.3. The molecule has 1 aliphatic carbocycles. The van der Waals surface area contributed by atoms with E-state index in [1.54, 1.807) is 102 Å². The quantitative estimate of drug-likeness (QED) is 0.0888. The van der Waals surface area contributed by atoms with Crippen molar-refractivity contribution in [2.75, 3.05) is 19.7 Å². The molecule has 3 heterocycles. The molecule has 24 heteroatoms. The molecule has 392 valence electrons. The lowest BCUT2D eigenvalue weighted by Gasteiger charge is -2.46. The van der Waals surface area contributed by atoms with Crippen molar-refractivity contribution in [3.8, 4) is 0 Å². The van der Waals surface area contributed by atoms with Gasteiger partial charge in [-0.3, -0.25) is 0 Å². The fraction of sp³-hybridized carbons (Fsp3) is 0.864. The molecule has 4 aliphatic rings. The number of amides is 4. The lowest BCUT2D eigenvalue weighted by Crippen LogP contribution is -2.67. The van der Waals surface area contributed by atoms with Crippen LogP contribution in [0.25, 0.3) is 0 Å². The van der Waals surface area contributed by atoms with Crippen LogP contribution in [0.5, 0.6) is 0 Å². The van der Waals surface area contributed by atoms with Crippen LogP contribution in [0, 0.1) is 5.92 Å².